The summed E-state index contributed by atoms with van der Waals surface area (Å²) in [5.74, 6) is 1.51. The molecule has 2 aliphatic heterocycles. The maximum atomic E-state index is 15.7. The smallest absolute Gasteiger partial charge is 0.423 e. The molecule has 0 spiro atoms. The van der Waals surface area contributed by atoms with Crippen molar-refractivity contribution in [3.63, 3.8) is 0 Å². The van der Waals surface area contributed by atoms with Crippen LogP contribution >= 0.6 is 66.9 Å². The molecule has 2 aliphatic rings. The maximum absolute atomic E-state index is 15.7. The van der Waals surface area contributed by atoms with Gasteiger partial charge < -0.3 is 23.0 Å². The maximum Gasteiger partial charge on any atom is 0.423 e. The van der Waals surface area contributed by atoms with Gasteiger partial charge in [0.15, 0.2) is 25.4 Å². The molecule has 0 aliphatic carbocycles. The summed E-state index contributed by atoms with van der Waals surface area (Å²) in [6.45, 7) is 8.07. The van der Waals surface area contributed by atoms with Crippen LogP contribution in [0.5, 0.6) is 23.0 Å². The van der Waals surface area contributed by atoms with Crippen LogP contribution in [0.15, 0.2) is 344 Å². The molecule has 0 saturated carbocycles. The Balaban J connectivity index is 0.000000154. The second kappa shape index (κ2) is 31.3. The van der Waals surface area contributed by atoms with E-state index in [4.69, 9.17) is 23.9 Å². The Labute approximate surface area is 681 Å². The first-order valence-corrected chi connectivity index (χ1v) is 43.5. The van der Waals surface area contributed by atoms with Crippen LogP contribution in [0, 0.1) is 46.5 Å². The summed E-state index contributed by atoms with van der Waals surface area (Å²) in [5.41, 5.74) is 21.5. The van der Waals surface area contributed by atoms with Gasteiger partial charge in [-0.15, -0.1) is 0 Å². The number of pyridine rings is 2. The highest BCUT2D eigenvalue weighted by molar-refractivity contribution is 14.1. The predicted molar refractivity (Wildman–Crippen MR) is 477 cm³/mol. The molecule has 17 aromatic rings. The molecular weight excluding hydrogens is 1690 g/mol. The molecule has 14 aromatic carbocycles. The second-order valence-electron chi connectivity index (χ2n) is 28.2. The van der Waals surface area contributed by atoms with Gasteiger partial charge in [0.2, 0.25) is 10.2 Å². The Morgan fingerprint density at radius 3 is 0.858 bits per heavy atom. The Hall–Kier alpha value is -11.3. The third-order valence-electron chi connectivity index (χ3n) is 20.4. The summed E-state index contributed by atoms with van der Waals surface area (Å²) in [7, 11) is -8.61. The largest absolute Gasteiger partial charge is 0.456 e. The number of nitrogens with zero attached hydrogens (tertiary/aromatic N) is 2. The van der Waals surface area contributed by atoms with E-state index in [0.717, 1.165) is 112 Å². The summed E-state index contributed by atoms with van der Waals surface area (Å²) >= 11 is 4.68. The monoisotopic (exact) mass is 1750 g/mol. The number of rotatable bonds is 10. The van der Waals surface area contributed by atoms with Crippen molar-refractivity contribution < 1.29 is 36.4 Å². The number of aromatic nitrogens is 2. The molecule has 8 nitrogen and oxygen atoms in total. The first kappa shape index (κ1) is 74.4. The number of benzene rings is 14. The molecule has 19 rings (SSSR count). The van der Waals surface area contributed by atoms with Crippen LogP contribution in [-0.2, 0) is 13.7 Å². The van der Waals surface area contributed by atoms with E-state index >= 15 is 9.13 Å². The molecule has 0 unspecified atom stereocenters. The summed E-state index contributed by atoms with van der Waals surface area (Å²) in [4.78, 5) is 10.3. The molecular formula is C98H68F2I2N2O6P3+. The first-order chi connectivity index (χ1) is 54.8. The summed E-state index contributed by atoms with van der Waals surface area (Å²) < 4.78 is 90.1. The lowest BCUT2D eigenvalue weighted by Crippen LogP contribution is -2.31. The normalized spacial score (nSPS) is 12.6. The first-order valence-electron chi connectivity index (χ1n) is 36.7. The quantitative estimate of drug-likeness (QED) is 0.0757. The van der Waals surface area contributed by atoms with Crippen LogP contribution in [0.4, 0.5) is 8.78 Å². The van der Waals surface area contributed by atoms with E-state index in [2.05, 4.69) is 215 Å². The number of aryl methyl sites for hydroxylation is 4. The molecule has 113 heavy (non-hydrogen) atoms. The van der Waals surface area contributed by atoms with Gasteiger partial charge in [0.05, 0.1) is 44.0 Å². The van der Waals surface area contributed by atoms with E-state index in [1.54, 1.807) is 0 Å². The van der Waals surface area contributed by atoms with E-state index in [1.165, 1.54) is 53.7 Å². The van der Waals surface area contributed by atoms with E-state index in [9.17, 15) is 13.3 Å². The van der Waals surface area contributed by atoms with Crippen molar-refractivity contribution in [3.05, 3.63) is 381 Å². The highest BCUT2D eigenvalue weighted by atomic mass is 127. The van der Waals surface area contributed by atoms with Crippen LogP contribution in [0.2, 0.25) is 0 Å². The number of fused-ring (bicyclic) bond motifs is 6. The lowest BCUT2D eigenvalue weighted by molar-refractivity contribution is 0.484. The molecule has 0 atom stereocenters. The minimum absolute atomic E-state index is 0.262. The molecule has 0 amide bonds. The van der Waals surface area contributed by atoms with E-state index in [0.29, 0.717) is 55.4 Å². The molecule has 5 heterocycles. The zero-order valence-electron chi connectivity index (χ0n) is 61.5. The molecule has 3 aromatic heterocycles. The van der Waals surface area contributed by atoms with Crippen molar-refractivity contribution >= 4 is 120 Å². The Morgan fingerprint density at radius 1 is 0.292 bits per heavy atom. The van der Waals surface area contributed by atoms with Crippen LogP contribution in [-0.4, -0.2) is 9.97 Å². The van der Waals surface area contributed by atoms with Gasteiger partial charge >= 0.3 is 7.41 Å². The molecule has 0 bridgehead atoms. The van der Waals surface area contributed by atoms with Gasteiger partial charge in [0.1, 0.15) is 34.6 Å². The fourth-order valence-electron chi connectivity index (χ4n) is 14.5. The highest BCUT2D eigenvalue weighted by Crippen LogP contribution is 2.54. The summed E-state index contributed by atoms with van der Waals surface area (Å²) in [6.07, 6.45) is 0. The highest BCUT2D eigenvalue weighted by Gasteiger charge is 2.41. The minimum Gasteiger partial charge on any atom is -0.456 e. The third kappa shape index (κ3) is 15.1. The van der Waals surface area contributed by atoms with Crippen LogP contribution in [0.25, 0.3) is 111 Å². The average Bonchev–Trinajstić information content (AvgIpc) is 0.727. The molecule has 548 valence electrons. The number of ether oxygens (including phenoxy) is 2. The predicted octanol–water partition coefficient (Wildman–Crippen LogP) is 26.0. The number of hydrogen-bond donors (Lipinski definition) is 0. The molecule has 0 radical (unpaired) electrons. The van der Waals surface area contributed by atoms with Crippen molar-refractivity contribution in [1.29, 1.82) is 0 Å². The van der Waals surface area contributed by atoms with Gasteiger partial charge in [-0.2, -0.15) is 0 Å². The van der Waals surface area contributed by atoms with Gasteiger partial charge in [-0.3, -0.25) is 0 Å². The standard InChI is InChI=1S/C57H43NO4P2.C29H19I2N.C12H6F2O2P/c1-36-10-26-50-54(30-36)63(59,55-31-37(2)11-27-51(55)61-50)46-22-18-43(19-23-46)48-34-45(42-16-14-41(15-17-42)40-8-6-5-7-9-40)35-49(58-48)44-20-24-47(25-21-44)64(60)56-32-38(3)12-28-52(56)62-53-29-13-39(4)33-57(53)64;30-26-14-10-23(11-15-26)28-18-25(19-29(32-28)24-12-16-27(31)17-13-24)22-8-6-21(7-9-22)20-4-2-1-3-5-20;13-7-1-3-9-11(5-7)17(15)12-6-8(14)2-4-10(12)16-9/h5-35H,1-4H3;1-19H;1-6H/q;;+1. The third-order valence-corrected chi connectivity index (χ3v) is 29.6. The fourth-order valence-corrected chi connectivity index (χ4v) is 22.6. The van der Waals surface area contributed by atoms with Gasteiger partial charge in [0.25, 0.3) is 0 Å². The van der Waals surface area contributed by atoms with E-state index in [1.807, 2.05) is 161 Å². The number of hydrogen-bond acceptors (Lipinski definition) is 8. The fraction of sp³-hybridized carbons (Fsp3) is 0.0408. The zero-order chi connectivity index (χ0) is 77.7. The lowest BCUT2D eigenvalue weighted by Gasteiger charge is -2.29. The average molecular weight is 1750 g/mol. The molecule has 0 saturated heterocycles. The minimum atomic E-state index is -3.30. The van der Waals surface area contributed by atoms with Crippen LogP contribution in [0.1, 0.15) is 22.3 Å². The molecule has 0 fully saturated rings. The van der Waals surface area contributed by atoms with Crippen LogP contribution < -0.4 is 41.3 Å². The van der Waals surface area contributed by atoms with Gasteiger partial charge in [-0.25, -0.2) is 18.7 Å². The van der Waals surface area contributed by atoms with Crippen molar-refractivity contribution in [2.24, 2.45) is 0 Å². The van der Waals surface area contributed by atoms with Crippen molar-refractivity contribution in [1.82, 2.24) is 9.97 Å². The summed E-state index contributed by atoms with van der Waals surface area (Å²) in [5, 5.41) is 4.84. The Kier molecular flexibility index (Phi) is 20.6. The van der Waals surface area contributed by atoms with Gasteiger partial charge in [-0.1, -0.05) is 233 Å². The zero-order valence-corrected chi connectivity index (χ0v) is 68.5. The Bertz CT molecular complexity index is 6290. The van der Waals surface area contributed by atoms with Crippen LogP contribution in [0.3, 0.4) is 0 Å². The second-order valence-corrected chi connectivity index (χ2v) is 37.6. The van der Waals surface area contributed by atoms with E-state index in [-0.39, 0.29) is 10.2 Å². The Morgan fingerprint density at radius 2 is 0.558 bits per heavy atom. The van der Waals surface area contributed by atoms with Gasteiger partial charge in [-0.05, 0) is 239 Å². The molecule has 0 N–H and O–H groups in total. The van der Waals surface area contributed by atoms with E-state index < -0.39 is 33.3 Å². The molecule has 15 heteroatoms. The van der Waals surface area contributed by atoms with Crippen molar-refractivity contribution in [3.8, 4) is 113 Å². The van der Waals surface area contributed by atoms with Crippen molar-refractivity contribution in [2.75, 3.05) is 0 Å². The number of halogens is 4. The lowest BCUT2D eigenvalue weighted by atomic mass is 9.97. The summed E-state index contributed by atoms with van der Waals surface area (Å²) in [6, 6.07) is 111. The SMILES string of the molecule is Cc1ccc2c(c1)P(=O)(c1ccc(-c3cc(-c4ccc(-c5ccccc5)cc4)cc(-c4ccc(P5(=O)c6cc(C)ccc6Oc6ccc(C)cc65)cc4)n3)cc1)c1cc(C)ccc1O2.Ic1ccc(-c2cc(-c3ccc(-c4ccccc4)cc3)cc(-c3ccc(I)cc3)n2)cc1.O=[p+]1c2cc(F)ccc2oc2ccc(F)cc21. The van der Waals surface area contributed by atoms with Gasteiger partial charge in [0, 0.05) is 52.1 Å². The topological polar surface area (TPSA) is 109 Å². The van der Waals surface area contributed by atoms with Crippen molar-refractivity contribution in [2.45, 2.75) is 27.7 Å².